The fourth-order valence-corrected chi connectivity index (χ4v) is 4.38. The van der Waals surface area contributed by atoms with E-state index in [1.807, 2.05) is 0 Å². The van der Waals surface area contributed by atoms with Crippen LogP contribution in [0.5, 0.6) is 0 Å². The maximum absolute atomic E-state index is 13.3. The van der Waals surface area contributed by atoms with Crippen LogP contribution in [0.3, 0.4) is 0 Å². The van der Waals surface area contributed by atoms with Crippen LogP contribution in [0.1, 0.15) is 28.8 Å². The summed E-state index contributed by atoms with van der Waals surface area (Å²) in [6, 6.07) is 12.2. The minimum Gasteiger partial charge on any atom is -0.381 e. The molecule has 6 nitrogen and oxygen atoms in total. The number of sulfonamides is 1. The predicted octanol–water partition coefficient (Wildman–Crippen LogP) is 2.55. The Labute approximate surface area is 170 Å². The van der Waals surface area contributed by atoms with Gasteiger partial charge in [-0.25, -0.2) is 17.1 Å². The van der Waals surface area contributed by atoms with Crippen LogP contribution in [0, 0.1) is 5.82 Å². The topological polar surface area (TPSA) is 75.7 Å². The molecular weight excluding hydrogens is 395 g/mol. The van der Waals surface area contributed by atoms with Crippen LogP contribution >= 0.6 is 0 Å². The number of benzene rings is 2. The number of hydrogen-bond acceptors (Lipinski definition) is 4. The summed E-state index contributed by atoms with van der Waals surface area (Å²) in [6.45, 7) is 1.53. The van der Waals surface area contributed by atoms with Gasteiger partial charge >= 0.3 is 0 Å². The van der Waals surface area contributed by atoms with E-state index in [1.165, 1.54) is 50.5 Å². The van der Waals surface area contributed by atoms with E-state index < -0.39 is 10.0 Å². The summed E-state index contributed by atoms with van der Waals surface area (Å²) >= 11 is 0. The lowest BCUT2D eigenvalue weighted by atomic mass is 9.74. The number of nitrogens with zero attached hydrogens (tertiary/aromatic N) is 1. The molecule has 0 atom stereocenters. The third-order valence-electron chi connectivity index (χ3n) is 5.39. The van der Waals surface area contributed by atoms with E-state index in [2.05, 4.69) is 5.32 Å². The standard InChI is InChI=1S/C21H25FN2O4S/c1-24(2)29(26,27)19-9-3-16(4-10-19)20(25)23-15-21(11-13-28-14-12-21)17-5-7-18(22)8-6-17/h3-10H,11-15H2,1-2H3,(H,23,25). The summed E-state index contributed by atoms with van der Waals surface area (Å²) in [4.78, 5) is 12.8. The molecular formula is C21H25FN2O4S. The summed E-state index contributed by atoms with van der Waals surface area (Å²) in [5.41, 5.74) is 1.02. The van der Waals surface area contributed by atoms with Gasteiger partial charge in [-0.05, 0) is 54.8 Å². The Kier molecular flexibility index (Phi) is 6.36. The molecule has 1 fully saturated rings. The summed E-state index contributed by atoms with van der Waals surface area (Å²) in [5, 5.41) is 2.96. The van der Waals surface area contributed by atoms with E-state index in [1.54, 1.807) is 12.1 Å². The highest BCUT2D eigenvalue weighted by Gasteiger charge is 2.35. The Morgan fingerprint density at radius 2 is 1.66 bits per heavy atom. The minimum atomic E-state index is -3.54. The second kappa shape index (κ2) is 8.61. The molecule has 0 aliphatic carbocycles. The summed E-state index contributed by atoms with van der Waals surface area (Å²) in [7, 11) is -0.627. The number of hydrogen-bond donors (Lipinski definition) is 1. The van der Waals surface area contributed by atoms with Crippen molar-refractivity contribution in [3.63, 3.8) is 0 Å². The smallest absolute Gasteiger partial charge is 0.251 e. The molecule has 1 aliphatic heterocycles. The van der Waals surface area contributed by atoms with Crippen molar-refractivity contribution >= 4 is 15.9 Å². The molecule has 0 bridgehead atoms. The lowest BCUT2D eigenvalue weighted by Crippen LogP contribution is -2.44. The molecule has 0 radical (unpaired) electrons. The minimum absolute atomic E-state index is 0.131. The maximum Gasteiger partial charge on any atom is 0.251 e. The first-order valence-electron chi connectivity index (χ1n) is 9.39. The van der Waals surface area contributed by atoms with Crippen molar-refractivity contribution in [2.75, 3.05) is 33.9 Å². The van der Waals surface area contributed by atoms with Gasteiger partial charge in [-0.3, -0.25) is 4.79 Å². The first kappa shape index (κ1) is 21.4. The summed E-state index contributed by atoms with van der Waals surface area (Å²) in [5.74, 6) is -0.584. The van der Waals surface area contributed by atoms with Crippen LogP contribution in [0.2, 0.25) is 0 Å². The van der Waals surface area contributed by atoms with Crippen molar-refractivity contribution in [1.82, 2.24) is 9.62 Å². The average Bonchev–Trinajstić information content (AvgIpc) is 2.73. The number of carbonyl (C=O) groups excluding carboxylic acids is 1. The van der Waals surface area contributed by atoms with E-state index in [9.17, 15) is 17.6 Å². The van der Waals surface area contributed by atoms with Crippen LogP contribution < -0.4 is 5.32 Å². The van der Waals surface area contributed by atoms with Gasteiger partial charge in [0.1, 0.15) is 5.82 Å². The molecule has 1 amide bonds. The van der Waals surface area contributed by atoms with Crippen molar-refractivity contribution in [3.05, 3.63) is 65.5 Å². The fourth-order valence-electron chi connectivity index (χ4n) is 3.47. The number of nitrogens with one attached hydrogen (secondary N) is 1. The number of ether oxygens (including phenoxy) is 1. The Morgan fingerprint density at radius 1 is 1.07 bits per heavy atom. The Morgan fingerprint density at radius 3 is 2.21 bits per heavy atom. The van der Waals surface area contributed by atoms with E-state index >= 15 is 0 Å². The molecule has 2 aromatic rings. The van der Waals surface area contributed by atoms with Crippen LogP contribution in [0.15, 0.2) is 53.4 Å². The fraction of sp³-hybridized carbons (Fsp3) is 0.381. The van der Waals surface area contributed by atoms with Crippen LogP contribution in [-0.4, -0.2) is 52.5 Å². The van der Waals surface area contributed by atoms with E-state index in [4.69, 9.17) is 4.74 Å². The zero-order chi connectivity index (χ0) is 21.1. The molecule has 0 spiro atoms. The largest absolute Gasteiger partial charge is 0.381 e. The third kappa shape index (κ3) is 4.66. The first-order chi connectivity index (χ1) is 13.7. The van der Waals surface area contributed by atoms with Gasteiger partial charge in [0.25, 0.3) is 5.91 Å². The Hall–Kier alpha value is -2.29. The van der Waals surface area contributed by atoms with Crippen molar-refractivity contribution in [2.24, 2.45) is 0 Å². The van der Waals surface area contributed by atoms with E-state index in [0.717, 1.165) is 22.7 Å². The maximum atomic E-state index is 13.3. The molecule has 1 saturated heterocycles. The third-order valence-corrected chi connectivity index (χ3v) is 7.22. The number of rotatable bonds is 6. The van der Waals surface area contributed by atoms with Crippen LogP contribution in [0.25, 0.3) is 0 Å². The zero-order valence-electron chi connectivity index (χ0n) is 16.5. The van der Waals surface area contributed by atoms with E-state index in [-0.39, 0.29) is 22.0 Å². The monoisotopic (exact) mass is 420 g/mol. The molecule has 2 aromatic carbocycles. The van der Waals surface area contributed by atoms with Crippen LogP contribution in [-0.2, 0) is 20.2 Å². The first-order valence-corrected chi connectivity index (χ1v) is 10.8. The van der Waals surface area contributed by atoms with Gasteiger partial charge in [-0.1, -0.05) is 12.1 Å². The normalized spacial score (nSPS) is 16.6. The molecule has 1 N–H and O–H groups in total. The number of amides is 1. The second-order valence-corrected chi connectivity index (χ2v) is 9.55. The second-order valence-electron chi connectivity index (χ2n) is 7.39. The van der Waals surface area contributed by atoms with Gasteiger partial charge < -0.3 is 10.1 Å². The van der Waals surface area contributed by atoms with Gasteiger partial charge in [0.2, 0.25) is 10.0 Å². The van der Waals surface area contributed by atoms with Gasteiger partial charge in [-0.15, -0.1) is 0 Å². The highest BCUT2D eigenvalue weighted by molar-refractivity contribution is 7.89. The van der Waals surface area contributed by atoms with Gasteiger partial charge in [0, 0.05) is 44.8 Å². The quantitative estimate of drug-likeness (QED) is 0.779. The number of carbonyl (C=O) groups is 1. The average molecular weight is 421 g/mol. The van der Waals surface area contributed by atoms with Gasteiger partial charge in [-0.2, -0.15) is 0 Å². The number of halogens is 1. The predicted molar refractivity (Wildman–Crippen MR) is 108 cm³/mol. The molecule has 8 heteroatoms. The SMILES string of the molecule is CN(C)S(=O)(=O)c1ccc(C(=O)NCC2(c3ccc(F)cc3)CCOCC2)cc1. The lowest BCUT2D eigenvalue weighted by Gasteiger charge is -2.38. The highest BCUT2D eigenvalue weighted by Crippen LogP contribution is 2.34. The lowest BCUT2D eigenvalue weighted by molar-refractivity contribution is 0.0487. The highest BCUT2D eigenvalue weighted by atomic mass is 32.2. The Bertz CT molecular complexity index is 951. The molecule has 1 heterocycles. The zero-order valence-corrected chi connectivity index (χ0v) is 17.3. The van der Waals surface area contributed by atoms with E-state index in [0.29, 0.717) is 25.3 Å². The molecule has 29 heavy (non-hydrogen) atoms. The Balaban J connectivity index is 1.74. The van der Waals surface area contributed by atoms with Gasteiger partial charge in [0.15, 0.2) is 0 Å². The summed E-state index contributed by atoms with van der Waals surface area (Å²) < 4.78 is 44.3. The molecule has 0 saturated carbocycles. The van der Waals surface area contributed by atoms with Crippen LogP contribution in [0.4, 0.5) is 4.39 Å². The molecule has 0 aromatic heterocycles. The van der Waals surface area contributed by atoms with Crippen molar-refractivity contribution in [3.8, 4) is 0 Å². The summed E-state index contributed by atoms with van der Waals surface area (Å²) in [6.07, 6.45) is 1.44. The van der Waals surface area contributed by atoms with Gasteiger partial charge in [0.05, 0.1) is 4.90 Å². The van der Waals surface area contributed by atoms with Crippen molar-refractivity contribution in [1.29, 1.82) is 0 Å². The molecule has 0 unspecified atom stereocenters. The van der Waals surface area contributed by atoms with Crippen molar-refractivity contribution < 1.29 is 22.3 Å². The molecule has 156 valence electrons. The molecule has 3 rings (SSSR count). The molecule has 1 aliphatic rings. The van der Waals surface area contributed by atoms with Crippen molar-refractivity contribution in [2.45, 2.75) is 23.2 Å².